The first-order valence-corrected chi connectivity index (χ1v) is 7.19. The van der Waals surface area contributed by atoms with Crippen molar-refractivity contribution in [1.82, 2.24) is 14.9 Å². The largest absolute Gasteiger partial charge is 0.301 e. The number of nitroso groups, excluding NO2 is 1. The molecular weight excluding hydrogens is 264 g/mol. The molecule has 5 heteroatoms. The standard InChI is InChI=1S/C16H20N4O/c1-2-20(12-9-14-7-3-5-10-17-14)13-16(19-21)15-8-4-6-11-18-15/h3-8,10-11,16H,2,9,12-13H2,1H3/t16-/m1/s1. The Morgan fingerprint density at radius 1 is 1.14 bits per heavy atom. The number of pyridine rings is 2. The molecule has 2 heterocycles. The van der Waals surface area contributed by atoms with Crippen molar-refractivity contribution in [1.29, 1.82) is 0 Å². The maximum Gasteiger partial charge on any atom is 0.146 e. The summed E-state index contributed by atoms with van der Waals surface area (Å²) in [7, 11) is 0. The lowest BCUT2D eigenvalue weighted by atomic mass is 10.1. The Morgan fingerprint density at radius 2 is 1.90 bits per heavy atom. The van der Waals surface area contributed by atoms with Crippen LogP contribution >= 0.6 is 0 Å². The molecule has 110 valence electrons. The molecule has 0 aromatic carbocycles. The van der Waals surface area contributed by atoms with E-state index in [1.165, 1.54) is 0 Å². The Hall–Kier alpha value is -2.14. The molecule has 2 aromatic heterocycles. The van der Waals surface area contributed by atoms with Gasteiger partial charge < -0.3 is 4.90 Å². The molecule has 2 rings (SSSR count). The van der Waals surface area contributed by atoms with Crippen LogP contribution in [0.3, 0.4) is 0 Å². The van der Waals surface area contributed by atoms with E-state index < -0.39 is 6.04 Å². The van der Waals surface area contributed by atoms with Crippen molar-refractivity contribution in [3.8, 4) is 0 Å². The van der Waals surface area contributed by atoms with Gasteiger partial charge in [-0.3, -0.25) is 9.97 Å². The van der Waals surface area contributed by atoms with Crippen LogP contribution in [0.15, 0.2) is 54.0 Å². The predicted molar refractivity (Wildman–Crippen MR) is 82.8 cm³/mol. The lowest BCUT2D eigenvalue weighted by molar-refractivity contribution is 0.271. The molecule has 2 aromatic rings. The van der Waals surface area contributed by atoms with Gasteiger partial charge in [0.1, 0.15) is 6.04 Å². The summed E-state index contributed by atoms with van der Waals surface area (Å²) in [6, 6.07) is 11.1. The van der Waals surface area contributed by atoms with E-state index in [0.29, 0.717) is 6.54 Å². The summed E-state index contributed by atoms with van der Waals surface area (Å²) in [5, 5.41) is 3.23. The Morgan fingerprint density at radius 3 is 2.48 bits per heavy atom. The SMILES string of the molecule is CCN(CCc1ccccn1)C[C@@H](N=O)c1ccccn1. The summed E-state index contributed by atoms with van der Waals surface area (Å²) in [6.07, 6.45) is 4.36. The molecule has 0 aliphatic heterocycles. The van der Waals surface area contributed by atoms with Crippen LogP contribution in [-0.4, -0.2) is 34.5 Å². The van der Waals surface area contributed by atoms with Crippen LogP contribution in [-0.2, 0) is 6.42 Å². The van der Waals surface area contributed by atoms with Crippen molar-refractivity contribution in [2.24, 2.45) is 5.18 Å². The molecule has 0 bridgehead atoms. The number of hydrogen-bond acceptors (Lipinski definition) is 5. The van der Waals surface area contributed by atoms with Gasteiger partial charge in [0.05, 0.1) is 5.69 Å². The van der Waals surface area contributed by atoms with E-state index in [4.69, 9.17) is 0 Å². The monoisotopic (exact) mass is 284 g/mol. The molecule has 0 aliphatic carbocycles. The van der Waals surface area contributed by atoms with Crippen LogP contribution in [0.5, 0.6) is 0 Å². The van der Waals surface area contributed by atoms with Gasteiger partial charge in [0.2, 0.25) is 0 Å². The zero-order valence-corrected chi connectivity index (χ0v) is 12.2. The minimum absolute atomic E-state index is 0.421. The van der Waals surface area contributed by atoms with Crippen LogP contribution in [0.25, 0.3) is 0 Å². The summed E-state index contributed by atoms with van der Waals surface area (Å²) < 4.78 is 0. The van der Waals surface area contributed by atoms with Gasteiger partial charge in [-0.05, 0) is 30.8 Å². The molecule has 0 fully saturated rings. The average molecular weight is 284 g/mol. The zero-order chi connectivity index (χ0) is 14.9. The molecule has 0 aliphatic rings. The normalized spacial score (nSPS) is 12.3. The second-order valence-electron chi connectivity index (χ2n) is 4.84. The molecule has 0 spiro atoms. The Kier molecular flexibility index (Phi) is 5.97. The summed E-state index contributed by atoms with van der Waals surface area (Å²) >= 11 is 0. The third kappa shape index (κ3) is 4.72. The quantitative estimate of drug-likeness (QED) is 0.699. The second kappa shape index (κ2) is 8.21. The first kappa shape index (κ1) is 15.3. The van der Waals surface area contributed by atoms with E-state index in [2.05, 4.69) is 27.0 Å². The fourth-order valence-electron chi connectivity index (χ4n) is 2.20. The molecule has 0 saturated heterocycles. The lowest BCUT2D eigenvalue weighted by Gasteiger charge is -2.22. The van der Waals surface area contributed by atoms with Crippen molar-refractivity contribution in [2.75, 3.05) is 19.6 Å². The van der Waals surface area contributed by atoms with Gasteiger partial charge in [-0.15, -0.1) is 0 Å². The van der Waals surface area contributed by atoms with E-state index >= 15 is 0 Å². The smallest absolute Gasteiger partial charge is 0.146 e. The van der Waals surface area contributed by atoms with Crippen molar-refractivity contribution in [2.45, 2.75) is 19.4 Å². The molecule has 0 amide bonds. The molecule has 0 N–H and O–H groups in total. The van der Waals surface area contributed by atoms with E-state index in [1.807, 2.05) is 36.4 Å². The molecule has 5 nitrogen and oxygen atoms in total. The number of likely N-dealkylation sites (N-methyl/N-ethyl adjacent to an activating group) is 1. The fourth-order valence-corrected chi connectivity index (χ4v) is 2.20. The van der Waals surface area contributed by atoms with Gasteiger partial charge in [-0.1, -0.05) is 24.2 Å². The fraction of sp³-hybridized carbons (Fsp3) is 0.375. The molecular formula is C16H20N4O. The Bertz CT molecular complexity index is 532. The van der Waals surface area contributed by atoms with Crippen molar-refractivity contribution in [3.05, 3.63) is 65.1 Å². The average Bonchev–Trinajstić information content (AvgIpc) is 2.57. The number of nitrogens with zero attached hydrogens (tertiary/aromatic N) is 4. The molecule has 1 atom stereocenters. The van der Waals surface area contributed by atoms with Crippen LogP contribution in [0.1, 0.15) is 24.4 Å². The highest BCUT2D eigenvalue weighted by Crippen LogP contribution is 2.16. The van der Waals surface area contributed by atoms with Crippen molar-refractivity contribution in [3.63, 3.8) is 0 Å². The highest BCUT2D eigenvalue weighted by Gasteiger charge is 2.17. The van der Waals surface area contributed by atoms with Gasteiger partial charge in [-0.25, -0.2) is 0 Å². The van der Waals surface area contributed by atoms with Gasteiger partial charge >= 0.3 is 0 Å². The minimum Gasteiger partial charge on any atom is -0.301 e. The topological polar surface area (TPSA) is 58.5 Å². The lowest BCUT2D eigenvalue weighted by Crippen LogP contribution is -2.30. The van der Waals surface area contributed by atoms with Gasteiger partial charge in [0.15, 0.2) is 0 Å². The Labute approximate surface area is 125 Å². The molecule has 21 heavy (non-hydrogen) atoms. The Balaban J connectivity index is 1.93. The number of rotatable bonds is 8. The summed E-state index contributed by atoms with van der Waals surface area (Å²) in [6.45, 7) is 4.39. The van der Waals surface area contributed by atoms with Crippen LogP contribution in [0.2, 0.25) is 0 Å². The predicted octanol–water partition coefficient (Wildman–Crippen LogP) is 2.85. The third-order valence-electron chi connectivity index (χ3n) is 3.45. The maximum absolute atomic E-state index is 11.1. The minimum atomic E-state index is -0.421. The first-order valence-electron chi connectivity index (χ1n) is 7.19. The van der Waals surface area contributed by atoms with Crippen LogP contribution in [0.4, 0.5) is 0 Å². The van der Waals surface area contributed by atoms with Gasteiger partial charge in [0.25, 0.3) is 0 Å². The summed E-state index contributed by atoms with van der Waals surface area (Å²) in [4.78, 5) is 21.8. The summed E-state index contributed by atoms with van der Waals surface area (Å²) in [5.41, 5.74) is 1.79. The van der Waals surface area contributed by atoms with Crippen molar-refractivity contribution >= 4 is 0 Å². The highest BCUT2D eigenvalue weighted by atomic mass is 16.3. The van der Waals surface area contributed by atoms with Crippen LogP contribution in [0, 0.1) is 4.91 Å². The van der Waals surface area contributed by atoms with E-state index in [1.54, 1.807) is 12.4 Å². The van der Waals surface area contributed by atoms with Gasteiger partial charge in [-0.2, -0.15) is 4.91 Å². The number of aromatic nitrogens is 2. The molecule has 0 radical (unpaired) electrons. The maximum atomic E-state index is 11.1. The first-order chi connectivity index (χ1) is 10.3. The van der Waals surface area contributed by atoms with E-state index in [9.17, 15) is 4.91 Å². The molecule has 0 saturated carbocycles. The van der Waals surface area contributed by atoms with E-state index in [0.717, 1.165) is 30.9 Å². The third-order valence-corrected chi connectivity index (χ3v) is 3.45. The second-order valence-corrected chi connectivity index (χ2v) is 4.84. The van der Waals surface area contributed by atoms with Crippen molar-refractivity contribution < 1.29 is 0 Å². The zero-order valence-electron chi connectivity index (χ0n) is 12.2. The highest BCUT2D eigenvalue weighted by molar-refractivity contribution is 5.09. The summed E-state index contributed by atoms with van der Waals surface area (Å²) in [5.74, 6) is 0. The van der Waals surface area contributed by atoms with Gasteiger partial charge in [0, 0.05) is 37.6 Å². The van der Waals surface area contributed by atoms with Crippen LogP contribution < -0.4 is 0 Å². The van der Waals surface area contributed by atoms with E-state index in [-0.39, 0.29) is 0 Å². The molecule has 0 unspecified atom stereocenters. The number of hydrogen-bond donors (Lipinski definition) is 0.